The van der Waals surface area contributed by atoms with Crippen LogP contribution in [0.25, 0.3) is 10.9 Å². The molecule has 0 radical (unpaired) electrons. The Hall–Kier alpha value is -1.77. The molecule has 2 aliphatic carbocycles. The first-order chi connectivity index (χ1) is 10.2. The van der Waals surface area contributed by atoms with Gasteiger partial charge in [-0.1, -0.05) is 6.42 Å². The van der Waals surface area contributed by atoms with Crippen molar-refractivity contribution in [1.29, 1.82) is 0 Å². The van der Waals surface area contributed by atoms with E-state index in [0.717, 1.165) is 46.7 Å². The van der Waals surface area contributed by atoms with Crippen LogP contribution in [0.15, 0.2) is 30.3 Å². The summed E-state index contributed by atoms with van der Waals surface area (Å²) in [6.45, 7) is 1.15. The summed E-state index contributed by atoms with van der Waals surface area (Å²) in [6, 6.07) is 10.2. The quantitative estimate of drug-likeness (QED) is 0.872. The molecule has 2 N–H and O–H groups in total. The lowest BCUT2D eigenvalue weighted by Gasteiger charge is -2.28. The molecule has 0 spiro atoms. The fraction of sp³-hybridized carbons (Fsp3) is 0.500. The molecule has 2 aromatic rings. The summed E-state index contributed by atoms with van der Waals surface area (Å²) < 4.78 is 0. The molecule has 0 amide bonds. The van der Waals surface area contributed by atoms with Gasteiger partial charge in [-0.25, -0.2) is 4.98 Å². The molecule has 3 unspecified atom stereocenters. The molecule has 0 saturated heterocycles. The third-order valence-electron chi connectivity index (χ3n) is 5.48. The standard InChI is InChI=1S/C18H23N3/c1-21(11-15-9-12-2-3-13(15)8-12)18-7-4-14-10-16(19)5-6-17(14)20-18/h4-7,10,12-13,15H,2-3,8-9,11,19H2,1H3. The van der Waals surface area contributed by atoms with Crippen molar-refractivity contribution >= 4 is 22.4 Å². The number of benzene rings is 1. The van der Waals surface area contributed by atoms with Crippen LogP contribution >= 0.6 is 0 Å². The SMILES string of the molecule is CN(CC1CC2CCC1C2)c1ccc2cc(N)ccc2n1. The van der Waals surface area contributed by atoms with E-state index in [2.05, 4.69) is 24.1 Å². The van der Waals surface area contributed by atoms with Crippen LogP contribution in [0.3, 0.4) is 0 Å². The van der Waals surface area contributed by atoms with Gasteiger partial charge in [-0.15, -0.1) is 0 Å². The molecule has 3 atom stereocenters. The molecule has 3 heteroatoms. The third-order valence-corrected chi connectivity index (χ3v) is 5.48. The van der Waals surface area contributed by atoms with Gasteiger partial charge in [-0.05, 0) is 67.3 Å². The molecule has 21 heavy (non-hydrogen) atoms. The van der Waals surface area contributed by atoms with E-state index in [4.69, 9.17) is 10.7 Å². The Morgan fingerprint density at radius 3 is 2.86 bits per heavy atom. The van der Waals surface area contributed by atoms with Crippen molar-refractivity contribution in [3.8, 4) is 0 Å². The normalized spacial score (nSPS) is 27.4. The second-order valence-electron chi connectivity index (χ2n) is 6.94. The van der Waals surface area contributed by atoms with Crippen LogP contribution in [-0.2, 0) is 0 Å². The maximum Gasteiger partial charge on any atom is 0.128 e. The molecule has 1 aromatic heterocycles. The number of aromatic nitrogens is 1. The van der Waals surface area contributed by atoms with Crippen molar-refractivity contribution in [3.63, 3.8) is 0 Å². The second-order valence-corrected chi connectivity index (χ2v) is 6.94. The lowest BCUT2D eigenvalue weighted by molar-refractivity contribution is 0.337. The zero-order valence-corrected chi connectivity index (χ0v) is 12.6. The van der Waals surface area contributed by atoms with Crippen molar-refractivity contribution in [2.24, 2.45) is 17.8 Å². The summed E-state index contributed by atoms with van der Waals surface area (Å²) >= 11 is 0. The van der Waals surface area contributed by atoms with Crippen molar-refractivity contribution in [3.05, 3.63) is 30.3 Å². The largest absolute Gasteiger partial charge is 0.399 e. The van der Waals surface area contributed by atoms with Gasteiger partial charge >= 0.3 is 0 Å². The highest BCUT2D eigenvalue weighted by atomic mass is 15.2. The fourth-order valence-corrected chi connectivity index (χ4v) is 4.39. The molecule has 2 bridgehead atoms. The molecule has 1 aromatic carbocycles. The minimum absolute atomic E-state index is 0.799. The van der Waals surface area contributed by atoms with Crippen LogP contribution in [0.5, 0.6) is 0 Å². The van der Waals surface area contributed by atoms with Crippen LogP contribution in [0.1, 0.15) is 25.7 Å². The number of anilines is 2. The molecule has 2 aliphatic rings. The van der Waals surface area contributed by atoms with Gasteiger partial charge in [0.25, 0.3) is 0 Å². The molecule has 2 fully saturated rings. The minimum Gasteiger partial charge on any atom is -0.399 e. The molecular formula is C18H23N3. The summed E-state index contributed by atoms with van der Waals surface area (Å²) in [5, 5.41) is 1.12. The lowest BCUT2D eigenvalue weighted by atomic mass is 9.88. The van der Waals surface area contributed by atoms with Crippen LogP contribution in [-0.4, -0.2) is 18.6 Å². The van der Waals surface area contributed by atoms with Gasteiger partial charge < -0.3 is 10.6 Å². The van der Waals surface area contributed by atoms with Crippen molar-refractivity contribution < 1.29 is 0 Å². The van der Waals surface area contributed by atoms with Crippen molar-refractivity contribution in [2.45, 2.75) is 25.7 Å². The number of pyridine rings is 1. The van der Waals surface area contributed by atoms with E-state index in [-0.39, 0.29) is 0 Å². The van der Waals surface area contributed by atoms with E-state index in [1.165, 1.54) is 25.7 Å². The molecule has 3 nitrogen and oxygen atoms in total. The van der Waals surface area contributed by atoms with E-state index in [1.807, 2.05) is 18.2 Å². The van der Waals surface area contributed by atoms with Gasteiger partial charge in [0.2, 0.25) is 0 Å². The maximum atomic E-state index is 5.83. The Kier molecular flexibility index (Phi) is 3.02. The average Bonchev–Trinajstić information content (AvgIpc) is 3.09. The molecule has 0 aliphatic heterocycles. The van der Waals surface area contributed by atoms with E-state index >= 15 is 0 Å². The number of nitrogens with two attached hydrogens (primary N) is 1. The van der Waals surface area contributed by atoms with Crippen molar-refractivity contribution in [1.82, 2.24) is 4.98 Å². The highest BCUT2D eigenvalue weighted by Gasteiger charge is 2.39. The first kappa shape index (κ1) is 12.9. The summed E-state index contributed by atoms with van der Waals surface area (Å²) in [7, 11) is 2.18. The maximum absolute atomic E-state index is 5.83. The molecular weight excluding hydrogens is 258 g/mol. The number of nitrogen functional groups attached to an aromatic ring is 1. The van der Waals surface area contributed by atoms with Crippen LogP contribution < -0.4 is 10.6 Å². The first-order valence-corrected chi connectivity index (χ1v) is 8.06. The Morgan fingerprint density at radius 2 is 2.10 bits per heavy atom. The van der Waals surface area contributed by atoms with Gasteiger partial charge in [-0.2, -0.15) is 0 Å². The van der Waals surface area contributed by atoms with E-state index < -0.39 is 0 Å². The van der Waals surface area contributed by atoms with Gasteiger partial charge in [-0.3, -0.25) is 0 Å². The van der Waals surface area contributed by atoms with Gasteiger partial charge in [0.1, 0.15) is 5.82 Å². The van der Waals surface area contributed by atoms with E-state index in [1.54, 1.807) is 0 Å². The Labute approximate surface area is 126 Å². The number of rotatable bonds is 3. The number of hydrogen-bond acceptors (Lipinski definition) is 3. The van der Waals surface area contributed by atoms with Gasteiger partial charge in [0.15, 0.2) is 0 Å². The monoisotopic (exact) mass is 281 g/mol. The van der Waals surface area contributed by atoms with Crippen LogP contribution in [0.4, 0.5) is 11.5 Å². The van der Waals surface area contributed by atoms with Crippen LogP contribution in [0, 0.1) is 17.8 Å². The smallest absolute Gasteiger partial charge is 0.128 e. The highest BCUT2D eigenvalue weighted by Crippen LogP contribution is 2.48. The number of hydrogen-bond donors (Lipinski definition) is 1. The summed E-state index contributed by atoms with van der Waals surface area (Å²) in [4.78, 5) is 7.13. The Balaban J connectivity index is 1.53. The fourth-order valence-electron chi connectivity index (χ4n) is 4.39. The predicted molar refractivity (Wildman–Crippen MR) is 88.4 cm³/mol. The zero-order valence-electron chi connectivity index (χ0n) is 12.6. The zero-order chi connectivity index (χ0) is 14.4. The Morgan fingerprint density at radius 1 is 1.19 bits per heavy atom. The number of nitrogens with zero attached hydrogens (tertiary/aromatic N) is 2. The number of fused-ring (bicyclic) bond motifs is 3. The summed E-state index contributed by atoms with van der Waals surface area (Å²) in [6.07, 6.45) is 5.83. The Bertz CT molecular complexity index is 667. The van der Waals surface area contributed by atoms with Crippen molar-refractivity contribution in [2.75, 3.05) is 24.2 Å². The topological polar surface area (TPSA) is 42.1 Å². The highest BCUT2D eigenvalue weighted by molar-refractivity contribution is 5.83. The van der Waals surface area contributed by atoms with Gasteiger partial charge in [0, 0.05) is 24.7 Å². The molecule has 1 heterocycles. The average molecular weight is 281 g/mol. The lowest BCUT2D eigenvalue weighted by Crippen LogP contribution is -2.29. The molecule has 2 saturated carbocycles. The van der Waals surface area contributed by atoms with E-state index in [0.29, 0.717) is 0 Å². The third kappa shape index (κ3) is 2.35. The summed E-state index contributed by atoms with van der Waals surface area (Å²) in [5.74, 6) is 3.94. The first-order valence-electron chi connectivity index (χ1n) is 8.06. The summed E-state index contributed by atoms with van der Waals surface area (Å²) in [5.41, 5.74) is 7.65. The van der Waals surface area contributed by atoms with Gasteiger partial charge in [0.05, 0.1) is 5.52 Å². The predicted octanol–water partition coefficient (Wildman–Crippen LogP) is 3.69. The van der Waals surface area contributed by atoms with Crippen LogP contribution in [0.2, 0.25) is 0 Å². The minimum atomic E-state index is 0.799. The molecule has 110 valence electrons. The van der Waals surface area contributed by atoms with E-state index in [9.17, 15) is 0 Å². The second kappa shape index (κ2) is 4.90. The molecule has 4 rings (SSSR count).